The van der Waals surface area contributed by atoms with Crippen molar-refractivity contribution in [3.63, 3.8) is 0 Å². The van der Waals surface area contributed by atoms with Crippen molar-refractivity contribution in [3.05, 3.63) is 52.0 Å². The molecule has 0 fully saturated rings. The number of ether oxygens (including phenoxy) is 1. The van der Waals surface area contributed by atoms with Gasteiger partial charge >= 0.3 is 0 Å². The number of amides is 1. The van der Waals surface area contributed by atoms with Crippen molar-refractivity contribution in [1.29, 1.82) is 0 Å². The van der Waals surface area contributed by atoms with Crippen molar-refractivity contribution >= 4 is 33.2 Å². The molecule has 3 N–H and O–H groups in total. The molecule has 0 heterocycles. The zero-order valence-electron chi connectivity index (χ0n) is 11.9. The molecule has 1 amide bonds. The predicted octanol–water partition coefficient (Wildman–Crippen LogP) is 3.85. The van der Waals surface area contributed by atoms with Gasteiger partial charge in [-0.15, -0.1) is 0 Å². The average Bonchev–Trinajstić information content (AvgIpc) is 2.48. The standard InChI is InChI=1S/C16H17BrN2O2/c1-3-10-4-5-11(8-15(10)18)19-16(20)13-9-12(21-2)6-7-14(13)17/h4-9H,3,18H2,1-2H3,(H,19,20). The highest BCUT2D eigenvalue weighted by Gasteiger charge is 2.12. The van der Waals surface area contributed by atoms with E-state index in [0.717, 1.165) is 12.0 Å². The minimum absolute atomic E-state index is 0.218. The van der Waals surface area contributed by atoms with E-state index in [9.17, 15) is 4.79 Å². The van der Waals surface area contributed by atoms with Crippen LogP contribution in [0, 0.1) is 0 Å². The summed E-state index contributed by atoms with van der Waals surface area (Å²) in [6.45, 7) is 2.04. The van der Waals surface area contributed by atoms with Gasteiger partial charge in [-0.25, -0.2) is 0 Å². The Kier molecular flexibility index (Phi) is 4.85. The third-order valence-corrected chi connectivity index (χ3v) is 3.89. The molecule has 21 heavy (non-hydrogen) atoms. The number of hydrogen-bond donors (Lipinski definition) is 2. The average molecular weight is 349 g/mol. The Morgan fingerprint density at radius 1 is 1.29 bits per heavy atom. The molecule has 0 aliphatic carbocycles. The molecule has 0 bridgehead atoms. The first-order valence-corrected chi connectivity index (χ1v) is 7.37. The van der Waals surface area contributed by atoms with E-state index in [2.05, 4.69) is 21.2 Å². The molecule has 0 aromatic heterocycles. The highest BCUT2D eigenvalue weighted by molar-refractivity contribution is 9.10. The number of nitrogens with one attached hydrogen (secondary N) is 1. The second-order valence-electron chi connectivity index (χ2n) is 4.57. The van der Waals surface area contributed by atoms with Gasteiger partial charge in [0.05, 0.1) is 12.7 Å². The van der Waals surface area contributed by atoms with Crippen molar-refractivity contribution in [2.75, 3.05) is 18.2 Å². The molecule has 0 spiro atoms. The number of hydrogen-bond acceptors (Lipinski definition) is 3. The van der Waals surface area contributed by atoms with Crippen LogP contribution in [-0.4, -0.2) is 13.0 Å². The summed E-state index contributed by atoms with van der Waals surface area (Å²) in [5.74, 6) is 0.411. The summed E-state index contributed by atoms with van der Waals surface area (Å²) in [6, 6.07) is 10.8. The molecule has 0 aliphatic rings. The number of rotatable bonds is 4. The SMILES string of the molecule is CCc1ccc(NC(=O)c2cc(OC)ccc2Br)cc1N. The first kappa shape index (κ1) is 15.4. The van der Waals surface area contributed by atoms with Gasteiger partial charge in [-0.3, -0.25) is 4.79 Å². The number of aryl methyl sites for hydroxylation is 1. The fourth-order valence-corrected chi connectivity index (χ4v) is 2.43. The Balaban J connectivity index is 2.23. The summed E-state index contributed by atoms with van der Waals surface area (Å²) in [5, 5.41) is 2.84. The summed E-state index contributed by atoms with van der Waals surface area (Å²) in [4.78, 5) is 12.3. The number of anilines is 2. The molecule has 2 rings (SSSR count). The van der Waals surface area contributed by atoms with Gasteiger partial charge in [0.2, 0.25) is 0 Å². The summed E-state index contributed by atoms with van der Waals surface area (Å²) < 4.78 is 5.85. The minimum Gasteiger partial charge on any atom is -0.497 e. The second-order valence-corrected chi connectivity index (χ2v) is 5.42. The van der Waals surface area contributed by atoms with Gasteiger partial charge in [-0.2, -0.15) is 0 Å². The highest BCUT2D eigenvalue weighted by atomic mass is 79.9. The molecule has 0 saturated heterocycles. The van der Waals surface area contributed by atoms with Crippen molar-refractivity contribution in [2.45, 2.75) is 13.3 Å². The molecule has 0 saturated carbocycles. The minimum atomic E-state index is -0.218. The number of carbonyl (C=O) groups is 1. The molecule has 0 aliphatic heterocycles. The van der Waals surface area contributed by atoms with Crippen LogP contribution in [0.15, 0.2) is 40.9 Å². The van der Waals surface area contributed by atoms with Gasteiger partial charge in [0, 0.05) is 15.8 Å². The number of carbonyl (C=O) groups excluding carboxylic acids is 1. The Bertz CT molecular complexity index is 671. The number of halogens is 1. The summed E-state index contributed by atoms with van der Waals surface area (Å²) in [5.41, 5.74) is 8.86. The van der Waals surface area contributed by atoms with E-state index < -0.39 is 0 Å². The van der Waals surface area contributed by atoms with Gasteiger partial charge in [0.25, 0.3) is 5.91 Å². The Morgan fingerprint density at radius 3 is 2.67 bits per heavy atom. The van der Waals surface area contributed by atoms with Crippen LogP contribution in [-0.2, 0) is 6.42 Å². The van der Waals surface area contributed by atoms with E-state index in [1.807, 2.05) is 19.1 Å². The lowest BCUT2D eigenvalue weighted by Gasteiger charge is -2.10. The molecule has 2 aromatic rings. The van der Waals surface area contributed by atoms with Crippen LogP contribution >= 0.6 is 15.9 Å². The maximum absolute atomic E-state index is 12.3. The predicted molar refractivity (Wildman–Crippen MR) is 88.9 cm³/mol. The maximum atomic E-state index is 12.3. The molecule has 110 valence electrons. The van der Waals surface area contributed by atoms with Crippen molar-refractivity contribution in [1.82, 2.24) is 0 Å². The van der Waals surface area contributed by atoms with Crippen LogP contribution in [0.25, 0.3) is 0 Å². The van der Waals surface area contributed by atoms with Crippen LogP contribution in [0.3, 0.4) is 0 Å². The van der Waals surface area contributed by atoms with Crippen molar-refractivity contribution < 1.29 is 9.53 Å². The van der Waals surface area contributed by atoms with Crippen molar-refractivity contribution in [3.8, 4) is 5.75 Å². The van der Waals surface area contributed by atoms with Gasteiger partial charge in [0.15, 0.2) is 0 Å². The summed E-state index contributed by atoms with van der Waals surface area (Å²) in [6.07, 6.45) is 0.863. The Hall–Kier alpha value is -2.01. The fraction of sp³-hybridized carbons (Fsp3) is 0.188. The van der Waals surface area contributed by atoms with E-state index in [1.165, 1.54) is 0 Å². The topological polar surface area (TPSA) is 64.3 Å². The Labute approximate surface area is 132 Å². The van der Waals surface area contributed by atoms with E-state index in [1.54, 1.807) is 31.4 Å². The highest BCUT2D eigenvalue weighted by Crippen LogP contribution is 2.24. The summed E-state index contributed by atoms with van der Waals surface area (Å²) in [7, 11) is 1.56. The Morgan fingerprint density at radius 2 is 2.05 bits per heavy atom. The molecule has 4 nitrogen and oxygen atoms in total. The maximum Gasteiger partial charge on any atom is 0.256 e. The van der Waals surface area contributed by atoms with Gasteiger partial charge in [-0.05, 0) is 58.2 Å². The third-order valence-electron chi connectivity index (χ3n) is 3.20. The van der Waals surface area contributed by atoms with Crippen LogP contribution in [0.4, 0.5) is 11.4 Å². The van der Waals surface area contributed by atoms with Crippen LogP contribution in [0.5, 0.6) is 5.75 Å². The number of methoxy groups -OCH3 is 1. The largest absolute Gasteiger partial charge is 0.497 e. The van der Waals surface area contributed by atoms with E-state index in [-0.39, 0.29) is 5.91 Å². The molecule has 0 unspecified atom stereocenters. The first-order chi connectivity index (χ1) is 10.0. The first-order valence-electron chi connectivity index (χ1n) is 6.58. The molecule has 0 atom stereocenters. The lowest BCUT2D eigenvalue weighted by atomic mass is 10.1. The van der Waals surface area contributed by atoms with E-state index in [0.29, 0.717) is 27.2 Å². The summed E-state index contributed by atoms with van der Waals surface area (Å²) >= 11 is 3.37. The van der Waals surface area contributed by atoms with Crippen molar-refractivity contribution in [2.24, 2.45) is 0 Å². The lowest BCUT2D eigenvalue weighted by Crippen LogP contribution is -2.13. The van der Waals surface area contributed by atoms with Crippen LogP contribution in [0.1, 0.15) is 22.8 Å². The number of nitrogens with two attached hydrogens (primary N) is 1. The third kappa shape index (κ3) is 3.55. The number of nitrogen functional groups attached to an aromatic ring is 1. The molecular weight excluding hydrogens is 332 g/mol. The molecule has 2 aromatic carbocycles. The smallest absolute Gasteiger partial charge is 0.256 e. The zero-order valence-corrected chi connectivity index (χ0v) is 13.5. The van der Waals surface area contributed by atoms with Gasteiger partial charge in [-0.1, -0.05) is 13.0 Å². The van der Waals surface area contributed by atoms with E-state index >= 15 is 0 Å². The molecular formula is C16H17BrN2O2. The second kappa shape index (κ2) is 6.63. The zero-order chi connectivity index (χ0) is 15.4. The van der Waals surface area contributed by atoms with Gasteiger partial charge < -0.3 is 15.8 Å². The fourth-order valence-electron chi connectivity index (χ4n) is 2.00. The van der Waals surface area contributed by atoms with Gasteiger partial charge in [0.1, 0.15) is 5.75 Å². The van der Waals surface area contributed by atoms with E-state index in [4.69, 9.17) is 10.5 Å². The molecule has 0 radical (unpaired) electrons. The lowest BCUT2D eigenvalue weighted by molar-refractivity contribution is 0.102. The normalized spacial score (nSPS) is 10.2. The number of benzene rings is 2. The molecule has 5 heteroatoms. The monoisotopic (exact) mass is 348 g/mol. The quantitative estimate of drug-likeness (QED) is 0.824. The van der Waals surface area contributed by atoms with Crippen LogP contribution < -0.4 is 15.8 Å². The van der Waals surface area contributed by atoms with Crippen LogP contribution in [0.2, 0.25) is 0 Å².